The predicted molar refractivity (Wildman–Crippen MR) is 69.1 cm³/mol. The van der Waals surface area contributed by atoms with Gasteiger partial charge in [0, 0.05) is 18.6 Å². The van der Waals surface area contributed by atoms with Crippen molar-refractivity contribution in [1.82, 2.24) is 10.3 Å². The van der Waals surface area contributed by atoms with Crippen LogP contribution in [0.25, 0.3) is 0 Å². The molecule has 0 aromatic carbocycles. The summed E-state index contributed by atoms with van der Waals surface area (Å²) in [5.74, 6) is 6.46. The highest BCUT2D eigenvalue weighted by atomic mass is 15.4. The monoisotopic (exact) mass is 226 g/mol. The third-order valence-electron chi connectivity index (χ3n) is 3.03. The summed E-state index contributed by atoms with van der Waals surface area (Å²) in [5, 5.41) is 0. The molecular weight excluding hydrogens is 200 g/mol. The Bertz CT molecular complexity index is 223. The number of hydrazine groups is 1. The van der Waals surface area contributed by atoms with Crippen molar-refractivity contribution in [1.29, 1.82) is 0 Å². The van der Waals surface area contributed by atoms with Crippen molar-refractivity contribution in [2.75, 3.05) is 6.54 Å². The van der Waals surface area contributed by atoms with E-state index in [2.05, 4.69) is 36.1 Å². The van der Waals surface area contributed by atoms with Crippen LogP contribution in [0.15, 0.2) is 4.99 Å². The maximum Gasteiger partial charge on any atom is 0.208 e. The minimum absolute atomic E-state index is 0.287. The van der Waals surface area contributed by atoms with E-state index in [0.29, 0.717) is 6.04 Å². The first-order valence-electron chi connectivity index (χ1n) is 6.50. The number of rotatable bonds is 3. The lowest BCUT2D eigenvalue weighted by atomic mass is 9.99. The standard InChI is InChI=1S/C12H26N4/c1-4-7-11-8-5-6-9-16(11)12(15-13)14-10(2)3/h10-11H,4-9,13H2,1-3H3,(H,14,15). The number of nitrogens with two attached hydrogens (primary N) is 1. The summed E-state index contributed by atoms with van der Waals surface area (Å²) in [6.45, 7) is 7.48. The van der Waals surface area contributed by atoms with Gasteiger partial charge in [-0.05, 0) is 39.5 Å². The smallest absolute Gasteiger partial charge is 0.208 e. The van der Waals surface area contributed by atoms with Gasteiger partial charge < -0.3 is 4.90 Å². The van der Waals surface area contributed by atoms with Gasteiger partial charge in [-0.2, -0.15) is 0 Å². The van der Waals surface area contributed by atoms with Gasteiger partial charge in [0.1, 0.15) is 0 Å². The van der Waals surface area contributed by atoms with E-state index in [1.54, 1.807) is 0 Å². The number of piperidine rings is 1. The van der Waals surface area contributed by atoms with Crippen LogP contribution in [-0.4, -0.2) is 29.5 Å². The molecule has 1 atom stereocenters. The summed E-state index contributed by atoms with van der Waals surface area (Å²) in [7, 11) is 0. The minimum atomic E-state index is 0.287. The van der Waals surface area contributed by atoms with Gasteiger partial charge in [-0.3, -0.25) is 5.43 Å². The molecule has 1 unspecified atom stereocenters. The number of nitrogens with zero attached hydrogens (tertiary/aromatic N) is 2. The maximum absolute atomic E-state index is 5.59. The van der Waals surface area contributed by atoms with Gasteiger partial charge in [0.25, 0.3) is 0 Å². The first kappa shape index (κ1) is 13.3. The van der Waals surface area contributed by atoms with Crippen LogP contribution >= 0.6 is 0 Å². The summed E-state index contributed by atoms with van der Waals surface area (Å²) in [5.41, 5.74) is 2.77. The molecule has 1 heterocycles. The Labute approximate surface area is 99.3 Å². The highest BCUT2D eigenvalue weighted by Crippen LogP contribution is 2.20. The Morgan fingerprint density at radius 1 is 1.50 bits per heavy atom. The van der Waals surface area contributed by atoms with Crippen LogP contribution in [-0.2, 0) is 0 Å². The normalized spacial score (nSPS) is 22.7. The van der Waals surface area contributed by atoms with E-state index in [4.69, 9.17) is 5.84 Å². The number of aliphatic imine (C=N–C) groups is 1. The lowest BCUT2D eigenvalue weighted by Gasteiger charge is -2.37. The Kier molecular flexibility index (Phi) is 5.60. The summed E-state index contributed by atoms with van der Waals surface area (Å²) in [4.78, 5) is 6.91. The summed E-state index contributed by atoms with van der Waals surface area (Å²) in [6.07, 6.45) is 6.31. The average molecular weight is 226 g/mol. The van der Waals surface area contributed by atoms with Crippen molar-refractivity contribution in [3.8, 4) is 0 Å². The van der Waals surface area contributed by atoms with Crippen molar-refractivity contribution in [3.63, 3.8) is 0 Å². The topological polar surface area (TPSA) is 53.6 Å². The largest absolute Gasteiger partial charge is 0.339 e. The molecule has 0 aliphatic carbocycles. The van der Waals surface area contributed by atoms with Gasteiger partial charge in [0.15, 0.2) is 0 Å². The van der Waals surface area contributed by atoms with Gasteiger partial charge in [-0.15, -0.1) is 0 Å². The number of hydrogen-bond donors (Lipinski definition) is 2. The van der Waals surface area contributed by atoms with Gasteiger partial charge in [0.05, 0.1) is 0 Å². The van der Waals surface area contributed by atoms with Crippen LogP contribution in [0.5, 0.6) is 0 Å². The minimum Gasteiger partial charge on any atom is -0.339 e. The molecule has 0 radical (unpaired) electrons. The molecule has 94 valence electrons. The molecule has 1 aliphatic heterocycles. The van der Waals surface area contributed by atoms with Crippen molar-refractivity contribution >= 4 is 5.96 Å². The first-order chi connectivity index (χ1) is 7.69. The van der Waals surface area contributed by atoms with E-state index in [-0.39, 0.29) is 6.04 Å². The van der Waals surface area contributed by atoms with Crippen LogP contribution < -0.4 is 11.3 Å². The molecule has 0 aromatic rings. The van der Waals surface area contributed by atoms with Crippen molar-refractivity contribution in [2.24, 2.45) is 10.8 Å². The Balaban J connectivity index is 2.71. The van der Waals surface area contributed by atoms with Crippen LogP contribution in [0.2, 0.25) is 0 Å². The van der Waals surface area contributed by atoms with Gasteiger partial charge in [-0.25, -0.2) is 10.8 Å². The predicted octanol–water partition coefficient (Wildman–Crippen LogP) is 1.87. The second kappa shape index (κ2) is 6.74. The van der Waals surface area contributed by atoms with E-state index in [0.717, 1.165) is 12.5 Å². The SMILES string of the molecule is CCCC1CCCCN1C(=NC(C)C)NN. The Morgan fingerprint density at radius 3 is 2.81 bits per heavy atom. The van der Waals surface area contributed by atoms with E-state index >= 15 is 0 Å². The molecule has 3 N–H and O–H groups in total. The zero-order valence-electron chi connectivity index (χ0n) is 10.9. The fourth-order valence-electron chi connectivity index (χ4n) is 2.35. The fourth-order valence-corrected chi connectivity index (χ4v) is 2.35. The number of guanidine groups is 1. The lowest BCUT2D eigenvalue weighted by molar-refractivity contribution is 0.221. The molecule has 0 amide bonds. The number of hydrogen-bond acceptors (Lipinski definition) is 2. The number of nitrogens with one attached hydrogen (secondary N) is 1. The maximum atomic E-state index is 5.59. The molecule has 0 bridgehead atoms. The molecule has 0 aromatic heterocycles. The van der Waals surface area contributed by atoms with Crippen LogP contribution in [0.4, 0.5) is 0 Å². The summed E-state index contributed by atoms with van der Waals surface area (Å²) >= 11 is 0. The molecule has 1 aliphatic rings. The van der Waals surface area contributed by atoms with E-state index in [1.807, 2.05) is 0 Å². The third kappa shape index (κ3) is 3.67. The Hall–Kier alpha value is -0.770. The van der Waals surface area contributed by atoms with Gasteiger partial charge >= 0.3 is 0 Å². The van der Waals surface area contributed by atoms with Crippen molar-refractivity contribution in [2.45, 2.75) is 65.0 Å². The van der Waals surface area contributed by atoms with Crippen molar-refractivity contribution < 1.29 is 0 Å². The highest BCUT2D eigenvalue weighted by Gasteiger charge is 2.24. The second-order valence-electron chi connectivity index (χ2n) is 4.82. The summed E-state index contributed by atoms with van der Waals surface area (Å²) < 4.78 is 0. The van der Waals surface area contributed by atoms with Crippen LogP contribution in [0.3, 0.4) is 0 Å². The zero-order chi connectivity index (χ0) is 12.0. The van der Waals surface area contributed by atoms with E-state index < -0.39 is 0 Å². The molecule has 4 heteroatoms. The van der Waals surface area contributed by atoms with E-state index in [9.17, 15) is 0 Å². The zero-order valence-corrected chi connectivity index (χ0v) is 10.9. The molecular formula is C12H26N4. The molecule has 0 saturated carbocycles. The van der Waals surface area contributed by atoms with Gasteiger partial charge in [0.2, 0.25) is 5.96 Å². The Morgan fingerprint density at radius 2 is 2.25 bits per heavy atom. The molecule has 4 nitrogen and oxygen atoms in total. The van der Waals surface area contributed by atoms with E-state index in [1.165, 1.54) is 32.1 Å². The summed E-state index contributed by atoms with van der Waals surface area (Å²) in [6, 6.07) is 0.905. The second-order valence-corrected chi connectivity index (χ2v) is 4.82. The molecule has 1 saturated heterocycles. The number of likely N-dealkylation sites (tertiary alicyclic amines) is 1. The highest BCUT2D eigenvalue weighted by molar-refractivity contribution is 5.80. The quantitative estimate of drug-likeness (QED) is 0.334. The van der Waals surface area contributed by atoms with Crippen molar-refractivity contribution in [3.05, 3.63) is 0 Å². The molecule has 16 heavy (non-hydrogen) atoms. The van der Waals surface area contributed by atoms with Gasteiger partial charge in [-0.1, -0.05) is 13.3 Å². The molecule has 1 rings (SSSR count). The molecule has 1 fully saturated rings. The third-order valence-corrected chi connectivity index (χ3v) is 3.03. The van der Waals surface area contributed by atoms with Crippen LogP contribution in [0, 0.1) is 0 Å². The fraction of sp³-hybridized carbons (Fsp3) is 0.917. The van der Waals surface area contributed by atoms with Crippen LogP contribution in [0.1, 0.15) is 52.9 Å². The average Bonchev–Trinajstić information content (AvgIpc) is 2.27. The molecule has 0 spiro atoms. The lowest BCUT2D eigenvalue weighted by Crippen LogP contribution is -2.52. The first-order valence-corrected chi connectivity index (χ1v) is 6.50.